The Labute approximate surface area is 169 Å². The van der Waals surface area contributed by atoms with Crippen LogP contribution in [-0.4, -0.2) is 43.0 Å². The minimum atomic E-state index is -4.59. The zero-order valence-corrected chi connectivity index (χ0v) is 16.3. The third-order valence-corrected chi connectivity index (χ3v) is 5.17. The molecule has 30 heavy (non-hydrogen) atoms. The normalized spacial score (nSPS) is 17.0. The molecular weight excluding hydrogens is 406 g/mol. The highest BCUT2D eigenvalue weighted by molar-refractivity contribution is 5.59. The Hall–Kier alpha value is -2.82. The van der Waals surface area contributed by atoms with Crippen molar-refractivity contribution >= 4 is 5.65 Å². The van der Waals surface area contributed by atoms with E-state index in [1.807, 2.05) is 13.8 Å². The van der Waals surface area contributed by atoms with E-state index in [2.05, 4.69) is 20.2 Å². The van der Waals surface area contributed by atoms with Crippen LogP contribution in [0.5, 0.6) is 5.88 Å². The van der Waals surface area contributed by atoms with Crippen LogP contribution in [0.4, 0.5) is 17.6 Å². The standard InChI is InChI=1S/C19H19F4N5O2/c1-3-29-11(2)16-27-26-15-9-24-14(10-28(15)16)12-7-13(20)17(25-8-12)30-18(5-4-6-18)19(21,22)23/h7-11H,3-6H2,1-2H3/t11-/m0/s1. The summed E-state index contributed by atoms with van der Waals surface area (Å²) in [6.45, 7) is 4.17. The van der Waals surface area contributed by atoms with Gasteiger partial charge in [-0.25, -0.2) is 9.37 Å². The molecule has 3 aromatic rings. The predicted molar refractivity (Wildman–Crippen MR) is 97.3 cm³/mol. The van der Waals surface area contributed by atoms with Crippen molar-refractivity contribution in [3.63, 3.8) is 0 Å². The average molecular weight is 425 g/mol. The Balaban J connectivity index is 1.64. The molecule has 0 radical (unpaired) electrons. The number of alkyl halides is 3. The Bertz CT molecular complexity index is 1060. The average Bonchev–Trinajstić information content (AvgIpc) is 3.08. The van der Waals surface area contributed by atoms with Crippen molar-refractivity contribution in [2.75, 3.05) is 6.61 Å². The van der Waals surface area contributed by atoms with Crippen LogP contribution in [0.15, 0.2) is 24.7 Å². The Morgan fingerprint density at radius 2 is 1.97 bits per heavy atom. The van der Waals surface area contributed by atoms with E-state index in [4.69, 9.17) is 9.47 Å². The lowest BCUT2D eigenvalue weighted by atomic mass is 9.79. The van der Waals surface area contributed by atoms with Gasteiger partial charge in [-0.1, -0.05) is 0 Å². The molecule has 1 fully saturated rings. The lowest BCUT2D eigenvalue weighted by Gasteiger charge is -2.42. The molecule has 160 valence electrons. The summed E-state index contributed by atoms with van der Waals surface area (Å²) >= 11 is 0. The largest absolute Gasteiger partial charge is 0.459 e. The fourth-order valence-electron chi connectivity index (χ4n) is 3.34. The van der Waals surface area contributed by atoms with Crippen LogP contribution in [0.1, 0.15) is 45.0 Å². The van der Waals surface area contributed by atoms with Crippen LogP contribution < -0.4 is 4.74 Å². The zero-order chi connectivity index (χ0) is 21.5. The number of hydrogen-bond acceptors (Lipinski definition) is 6. The van der Waals surface area contributed by atoms with Crippen molar-refractivity contribution in [1.29, 1.82) is 0 Å². The van der Waals surface area contributed by atoms with E-state index in [0.29, 0.717) is 30.2 Å². The number of pyridine rings is 1. The van der Waals surface area contributed by atoms with Crippen molar-refractivity contribution in [2.24, 2.45) is 0 Å². The second kappa shape index (κ2) is 7.46. The Kier molecular flexibility index (Phi) is 5.08. The number of halogens is 4. The Morgan fingerprint density at radius 1 is 1.20 bits per heavy atom. The fourth-order valence-corrected chi connectivity index (χ4v) is 3.34. The number of ether oxygens (including phenoxy) is 2. The third-order valence-electron chi connectivity index (χ3n) is 5.17. The van der Waals surface area contributed by atoms with Crippen molar-refractivity contribution in [1.82, 2.24) is 24.6 Å². The van der Waals surface area contributed by atoms with E-state index in [1.165, 1.54) is 12.4 Å². The van der Waals surface area contributed by atoms with E-state index in [-0.39, 0.29) is 24.5 Å². The van der Waals surface area contributed by atoms with Gasteiger partial charge >= 0.3 is 6.18 Å². The van der Waals surface area contributed by atoms with Crippen LogP contribution in [0.25, 0.3) is 16.9 Å². The van der Waals surface area contributed by atoms with Crippen LogP contribution in [0.2, 0.25) is 0 Å². The summed E-state index contributed by atoms with van der Waals surface area (Å²) in [7, 11) is 0. The van der Waals surface area contributed by atoms with Gasteiger partial charge in [0.05, 0.1) is 11.9 Å². The van der Waals surface area contributed by atoms with Crippen molar-refractivity contribution in [3.05, 3.63) is 36.3 Å². The molecule has 4 rings (SSSR count). The molecule has 0 amide bonds. The van der Waals surface area contributed by atoms with Crippen LogP contribution in [0, 0.1) is 5.82 Å². The second-order valence-electron chi connectivity index (χ2n) is 7.12. The monoisotopic (exact) mass is 425 g/mol. The number of rotatable bonds is 6. The van der Waals surface area contributed by atoms with Gasteiger partial charge in [0.2, 0.25) is 5.60 Å². The summed E-state index contributed by atoms with van der Waals surface area (Å²) in [4.78, 5) is 8.00. The highest BCUT2D eigenvalue weighted by atomic mass is 19.4. The van der Waals surface area contributed by atoms with Crippen LogP contribution in [-0.2, 0) is 4.74 Å². The minimum absolute atomic E-state index is 0.216. The number of aromatic nitrogens is 5. The molecule has 0 unspecified atom stereocenters. The van der Waals surface area contributed by atoms with E-state index < -0.39 is 23.5 Å². The highest BCUT2D eigenvalue weighted by Crippen LogP contribution is 2.48. The molecule has 0 saturated heterocycles. The van der Waals surface area contributed by atoms with Gasteiger partial charge in [-0.05, 0) is 39.2 Å². The maximum absolute atomic E-state index is 14.5. The van der Waals surface area contributed by atoms with Crippen molar-refractivity contribution < 1.29 is 27.0 Å². The first-order valence-corrected chi connectivity index (χ1v) is 9.48. The number of hydrogen-bond donors (Lipinski definition) is 0. The summed E-state index contributed by atoms with van der Waals surface area (Å²) in [6, 6.07) is 1.05. The molecular formula is C19H19F4N5O2. The highest BCUT2D eigenvalue weighted by Gasteiger charge is 2.61. The summed E-state index contributed by atoms with van der Waals surface area (Å²) < 4.78 is 66.6. The van der Waals surface area contributed by atoms with Gasteiger partial charge in [-0.3, -0.25) is 9.38 Å². The minimum Gasteiger partial charge on any atom is -0.459 e. The second-order valence-corrected chi connectivity index (χ2v) is 7.12. The summed E-state index contributed by atoms with van der Waals surface area (Å²) in [5, 5.41) is 8.11. The van der Waals surface area contributed by atoms with Crippen LogP contribution in [0.3, 0.4) is 0 Å². The van der Waals surface area contributed by atoms with Gasteiger partial charge in [-0.2, -0.15) is 13.2 Å². The molecule has 0 aromatic carbocycles. The van der Waals surface area contributed by atoms with E-state index >= 15 is 0 Å². The van der Waals surface area contributed by atoms with E-state index in [0.717, 1.165) is 6.07 Å². The maximum atomic E-state index is 14.5. The predicted octanol–water partition coefficient (Wildman–Crippen LogP) is 4.29. The zero-order valence-electron chi connectivity index (χ0n) is 16.3. The molecule has 7 nitrogen and oxygen atoms in total. The van der Waals surface area contributed by atoms with Crippen molar-refractivity contribution in [2.45, 2.75) is 51.0 Å². The molecule has 1 aliphatic rings. The topological polar surface area (TPSA) is 74.4 Å². The molecule has 1 aliphatic carbocycles. The molecule has 0 bridgehead atoms. The molecule has 11 heteroatoms. The molecule has 3 aromatic heterocycles. The summed E-state index contributed by atoms with van der Waals surface area (Å²) in [5.74, 6) is -1.12. The lowest BCUT2D eigenvalue weighted by Crippen LogP contribution is -2.55. The Morgan fingerprint density at radius 3 is 2.57 bits per heavy atom. The van der Waals surface area contributed by atoms with Gasteiger partial charge in [0, 0.05) is 24.6 Å². The smallest absolute Gasteiger partial charge is 0.428 e. The SMILES string of the molecule is CCO[C@@H](C)c1nnc2cnc(-c3cnc(OC4(C(F)(F)F)CCC4)c(F)c3)cn12. The summed E-state index contributed by atoms with van der Waals surface area (Å²) in [6.07, 6.45) is -0.701. The van der Waals surface area contributed by atoms with Gasteiger partial charge in [0.1, 0.15) is 6.10 Å². The lowest BCUT2D eigenvalue weighted by molar-refractivity contribution is -0.275. The van der Waals surface area contributed by atoms with Gasteiger partial charge in [0.15, 0.2) is 17.3 Å². The van der Waals surface area contributed by atoms with E-state index in [9.17, 15) is 17.6 Å². The van der Waals surface area contributed by atoms with Gasteiger partial charge in [0.25, 0.3) is 5.88 Å². The number of nitrogens with zero attached hydrogens (tertiary/aromatic N) is 5. The molecule has 0 N–H and O–H groups in total. The first kappa shape index (κ1) is 20.5. The quantitative estimate of drug-likeness (QED) is 0.549. The fraction of sp³-hybridized carbons (Fsp3) is 0.474. The first-order chi connectivity index (χ1) is 14.2. The molecule has 0 spiro atoms. The maximum Gasteiger partial charge on any atom is 0.428 e. The van der Waals surface area contributed by atoms with Gasteiger partial charge < -0.3 is 9.47 Å². The summed E-state index contributed by atoms with van der Waals surface area (Å²) in [5.41, 5.74) is -1.27. The third kappa shape index (κ3) is 3.47. The van der Waals surface area contributed by atoms with Gasteiger partial charge in [-0.15, -0.1) is 10.2 Å². The molecule has 1 saturated carbocycles. The molecule has 3 heterocycles. The van der Waals surface area contributed by atoms with Crippen LogP contribution >= 0.6 is 0 Å². The number of fused-ring (bicyclic) bond motifs is 1. The van der Waals surface area contributed by atoms with Crippen molar-refractivity contribution in [3.8, 4) is 17.1 Å². The van der Waals surface area contributed by atoms with E-state index in [1.54, 1.807) is 10.6 Å². The molecule has 1 atom stereocenters. The molecule has 0 aliphatic heterocycles. The first-order valence-electron chi connectivity index (χ1n) is 9.48.